The van der Waals surface area contributed by atoms with Gasteiger partial charge in [-0.2, -0.15) is 4.98 Å². The summed E-state index contributed by atoms with van der Waals surface area (Å²) in [4.78, 5) is 20.3. The number of rotatable bonds is 6. The van der Waals surface area contributed by atoms with Crippen molar-refractivity contribution >= 4 is 5.95 Å². The summed E-state index contributed by atoms with van der Waals surface area (Å²) in [5.41, 5.74) is 2.69. The van der Waals surface area contributed by atoms with E-state index in [9.17, 15) is 4.79 Å². The van der Waals surface area contributed by atoms with Crippen LogP contribution in [0.25, 0.3) is 5.69 Å². The first-order valence-corrected chi connectivity index (χ1v) is 7.12. The van der Waals surface area contributed by atoms with E-state index in [2.05, 4.69) is 29.1 Å². The molecule has 112 valence electrons. The largest absolute Gasteiger partial charge is 0.395 e. The third-order valence-electron chi connectivity index (χ3n) is 3.30. The van der Waals surface area contributed by atoms with Gasteiger partial charge in [0.15, 0.2) is 0 Å². The number of hydrogen-bond donors (Lipinski definition) is 2. The van der Waals surface area contributed by atoms with Gasteiger partial charge in [-0.25, -0.2) is 9.78 Å². The van der Waals surface area contributed by atoms with Gasteiger partial charge >= 0.3 is 5.69 Å². The van der Waals surface area contributed by atoms with Gasteiger partial charge in [0.1, 0.15) is 6.33 Å². The average molecular weight is 288 g/mol. The Balaban J connectivity index is 2.50. The van der Waals surface area contributed by atoms with Crippen LogP contribution in [0.4, 0.5) is 5.95 Å². The fraction of sp³-hybridized carbons (Fsp3) is 0.400. The van der Waals surface area contributed by atoms with Crippen LogP contribution in [0.3, 0.4) is 0 Å². The summed E-state index contributed by atoms with van der Waals surface area (Å²) in [7, 11) is 0. The van der Waals surface area contributed by atoms with Crippen LogP contribution in [0.15, 0.2) is 29.3 Å². The van der Waals surface area contributed by atoms with Crippen LogP contribution in [0.5, 0.6) is 0 Å². The molecule has 2 aromatic rings. The Morgan fingerprint density at radius 3 is 2.43 bits per heavy atom. The fourth-order valence-electron chi connectivity index (χ4n) is 2.27. The summed E-state index contributed by atoms with van der Waals surface area (Å²) >= 11 is 0. The van der Waals surface area contributed by atoms with Gasteiger partial charge in [0.25, 0.3) is 0 Å². The van der Waals surface area contributed by atoms with Gasteiger partial charge in [-0.15, -0.1) is 0 Å². The molecule has 0 saturated carbocycles. The number of benzene rings is 1. The maximum atomic E-state index is 12.2. The first-order chi connectivity index (χ1) is 10.2. The van der Waals surface area contributed by atoms with E-state index in [1.165, 1.54) is 10.9 Å². The lowest BCUT2D eigenvalue weighted by molar-refractivity contribution is 0.310. The lowest BCUT2D eigenvalue weighted by Crippen LogP contribution is -2.25. The maximum absolute atomic E-state index is 12.2. The van der Waals surface area contributed by atoms with Gasteiger partial charge in [0.2, 0.25) is 5.95 Å². The molecule has 1 heterocycles. The molecule has 0 spiro atoms. The third-order valence-corrected chi connectivity index (χ3v) is 3.30. The van der Waals surface area contributed by atoms with Crippen molar-refractivity contribution in [2.75, 3.05) is 18.5 Å². The summed E-state index contributed by atoms with van der Waals surface area (Å²) < 4.78 is 1.49. The second kappa shape index (κ2) is 6.99. The number of aromatic nitrogens is 3. The van der Waals surface area contributed by atoms with Crippen LogP contribution < -0.4 is 11.0 Å². The van der Waals surface area contributed by atoms with Gasteiger partial charge in [-0.1, -0.05) is 32.0 Å². The highest BCUT2D eigenvalue weighted by molar-refractivity contribution is 5.48. The molecule has 0 aliphatic heterocycles. The highest BCUT2D eigenvalue weighted by Crippen LogP contribution is 2.19. The van der Waals surface area contributed by atoms with Gasteiger partial charge in [-0.3, -0.25) is 4.57 Å². The van der Waals surface area contributed by atoms with Gasteiger partial charge in [0.05, 0.1) is 12.3 Å². The number of aliphatic hydroxyl groups is 1. The Bertz CT molecular complexity index is 645. The summed E-state index contributed by atoms with van der Waals surface area (Å²) in [5, 5.41) is 11.6. The zero-order valence-electron chi connectivity index (χ0n) is 12.3. The molecule has 0 amide bonds. The van der Waals surface area contributed by atoms with Crippen LogP contribution in [-0.4, -0.2) is 32.8 Å². The van der Waals surface area contributed by atoms with E-state index in [1.807, 2.05) is 18.2 Å². The number of nitrogens with zero attached hydrogens (tertiary/aromatic N) is 3. The minimum Gasteiger partial charge on any atom is -0.395 e. The van der Waals surface area contributed by atoms with E-state index >= 15 is 0 Å². The summed E-state index contributed by atoms with van der Waals surface area (Å²) in [6, 6.07) is 6.03. The molecule has 0 fully saturated rings. The Hall–Kier alpha value is -2.21. The first-order valence-electron chi connectivity index (χ1n) is 7.12. The molecule has 6 heteroatoms. The van der Waals surface area contributed by atoms with Gasteiger partial charge < -0.3 is 10.4 Å². The van der Waals surface area contributed by atoms with Gasteiger partial charge in [-0.05, 0) is 24.0 Å². The number of hydrogen-bond acceptors (Lipinski definition) is 5. The Morgan fingerprint density at radius 2 is 1.90 bits per heavy atom. The van der Waals surface area contributed by atoms with Crippen molar-refractivity contribution in [1.82, 2.24) is 14.5 Å². The lowest BCUT2D eigenvalue weighted by Gasteiger charge is -2.14. The molecule has 0 saturated heterocycles. The van der Waals surface area contributed by atoms with Crippen molar-refractivity contribution in [2.24, 2.45) is 0 Å². The van der Waals surface area contributed by atoms with Crippen LogP contribution in [0.1, 0.15) is 25.0 Å². The van der Waals surface area contributed by atoms with Crippen molar-refractivity contribution in [3.63, 3.8) is 0 Å². The van der Waals surface area contributed by atoms with E-state index in [4.69, 9.17) is 5.11 Å². The molecule has 6 nitrogen and oxygen atoms in total. The Morgan fingerprint density at radius 1 is 1.24 bits per heavy atom. The van der Waals surface area contributed by atoms with E-state index < -0.39 is 0 Å². The third kappa shape index (κ3) is 3.28. The van der Waals surface area contributed by atoms with Crippen LogP contribution >= 0.6 is 0 Å². The van der Waals surface area contributed by atoms with E-state index in [1.54, 1.807) is 0 Å². The zero-order chi connectivity index (χ0) is 15.2. The number of nitrogens with one attached hydrogen (secondary N) is 1. The molecule has 0 radical (unpaired) electrons. The predicted octanol–water partition coefficient (Wildman–Crippen LogP) is 1.16. The van der Waals surface area contributed by atoms with Crippen molar-refractivity contribution in [2.45, 2.75) is 26.7 Å². The SMILES string of the molecule is CCc1cccc(CC)c1-n1cnc(NCCO)nc1=O. The Labute approximate surface area is 123 Å². The summed E-state index contributed by atoms with van der Waals surface area (Å²) in [6.07, 6.45) is 3.16. The normalized spacial score (nSPS) is 10.6. The molecule has 0 bridgehead atoms. The molecule has 2 N–H and O–H groups in total. The molecule has 0 unspecified atom stereocenters. The lowest BCUT2D eigenvalue weighted by atomic mass is 10.0. The zero-order valence-corrected chi connectivity index (χ0v) is 12.3. The minimum atomic E-state index is -0.374. The molecular weight excluding hydrogens is 268 g/mol. The summed E-state index contributed by atoms with van der Waals surface area (Å²) in [6.45, 7) is 4.39. The van der Waals surface area contributed by atoms with Crippen molar-refractivity contribution in [3.8, 4) is 5.69 Å². The predicted molar refractivity (Wildman–Crippen MR) is 82.0 cm³/mol. The van der Waals surface area contributed by atoms with Crippen LogP contribution in [0, 0.1) is 0 Å². The standard InChI is InChI=1S/C15H20N4O2/c1-3-11-6-5-7-12(4-2)13(11)19-10-17-14(16-8-9-20)18-15(19)21/h5-7,10,20H,3-4,8-9H2,1-2H3,(H,16,18,21). The fourth-order valence-corrected chi connectivity index (χ4v) is 2.27. The van der Waals surface area contributed by atoms with Crippen molar-refractivity contribution in [1.29, 1.82) is 0 Å². The smallest absolute Gasteiger partial charge is 0.356 e. The minimum absolute atomic E-state index is 0.0366. The van der Waals surface area contributed by atoms with Crippen LogP contribution in [0.2, 0.25) is 0 Å². The first kappa shape index (κ1) is 15.2. The monoisotopic (exact) mass is 288 g/mol. The second-order valence-corrected chi connectivity index (χ2v) is 4.61. The van der Waals surface area contributed by atoms with E-state index in [0.29, 0.717) is 6.54 Å². The molecule has 21 heavy (non-hydrogen) atoms. The molecule has 0 aliphatic carbocycles. The number of aryl methyl sites for hydroxylation is 2. The van der Waals surface area contributed by atoms with Crippen molar-refractivity contribution < 1.29 is 5.11 Å². The molecular formula is C15H20N4O2. The van der Waals surface area contributed by atoms with E-state index in [0.717, 1.165) is 29.7 Å². The maximum Gasteiger partial charge on any atom is 0.356 e. The molecule has 2 rings (SSSR count). The number of anilines is 1. The molecule has 1 aromatic heterocycles. The quantitative estimate of drug-likeness (QED) is 0.833. The topological polar surface area (TPSA) is 80.0 Å². The number of aliphatic hydroxyl groups excluding tert-OH is 1. The highest BCUT2D eigenvalue weighted by atomic mass is 16.3. The second-order valence-electron chi connectivity index (χ2n) is 4.61. The highest BCUT2D eigenvalue weighted by Gasteiger charge is 2.11. The Kier molecular flexibility index (Phi) is 5.05. The van der Waals surface area contributed by atoms with Crippen molar-refractivity contribution in [3.05, 3.63) is 46.1 Å². The summed E-state index contributed by atoms with van der Waals surface area (Å²) in [5.74, 6) is 0.234. The number of para-hydroxylation sites is 1. The molecule has 0 atom stereocenters. The average Bonchev–Trinajstić information content (AvgIpc) is 2.52. The molecule has 1 aromatic carbocycles. The van der Waals surface area contributed by atoms with E-state index in [-0.39, 0.29) is 18.2 Å². The molecule has 0 aliphatic rings. The van der Waals surface area contributed by atoms with Crippen LogP contribution in [-0.2, 0) is 12.8 Å². The van der Waals surface area contributed by atoms with Gasteiger partial charge in [0, 0.05) is 6.54 Å².